The highest BCUT2D eigenvalue weighted by Crippen LogP contribution is 2.39. The Hall–Kier alpha value is -5.52. The lowest BCUT2D eigenvalue weighted by Crippen LogP contribution is -2.27. The fourth-order valence-electron chi connectivity index (χ4n) is 5.34. The summed E-state index contributed by atoms with van der Waals surface area (Å²) in [6, 6.07) is 49.1. The van der Waals surface area contributed by atoms with E-state index in [9.17, 15) is 0 Å². The zero-order chi connectivity index (χ0) is 30.8. The molecule has 0 aliphatic carbocycles. The molecule has 5 nitrogen and oxygen atoms in total. The van der Waals surface area contributed by atoms with Crippen LogP contribution in [0.25, 0.3) is 11.1 Å². The van der Waals surface area contributed by atoms with Crippen LogP contribution in [0.2, 0.25) is 5.28 Å². The van der Waals surface area contributed by atoms with Crippen molar-refractivity contribution in [1.82, 2.24) is 15.0 Å². The Morgan fingerprint density at radius 3 is 1.82 bits per heavy atom. The van der Waals surface area contributed by atoms with Crippen molar-refractivity contribution in [2.45, 2.75) is 12.5 Å². The van der Waals surface area contributed by atoms with E-state index in [1.54, 1.807) is 6.08 Å². The van der Waals surface area contributed by atoms with Gasteiger partial charge in [-0.15, -0.1) is 0 Å². The molecular weight excluding hydrogens is 574 g/mol. The van der Waals surface area contributed by atoms with E-state index in [1.807, 2.05) is 102 Å². The highest BCUT2D eigenvalue weighted by Gasteiger charge is 2.27. The van der Waals surface area contributed by atoms with E-state index in [4.69, 9.17) is 21.6 Å². The van der Waals surface area contributed by atoms with Gasteiger partial charge in [-0.1, -0.05) is 134 Å². The molecule has 0 amide bonds. The van der Waals surface area contributed by atoms with Crippen molar-refractivity contribution in [2.75, 3.05) is 9.80 Å². The van der Waals surface area contributed by atoms with E-state index in [-0.39, 0.29) is 11.3 Å². The van der Waals surface area contributed by atoms with Crippen molar-refractivity contribution in [3.05, 3.63) is 181 Å². The highest BCUT2D eigenvalue weighted by atomic mass is 35.5. The molecule has 0 radical (unpaired) electrons. The number of allylic oxidation sites excluding steroid dienone is 2. The molecule has 0 aliphatic heterocycles. The zero-order valence-corrected chi connectivity index (χ0v) is 25.4. The van der Waals surface area contributed by atoms with E-state index in [0.29, 0.717) is 18.3 Å². The first-order valence-electron chi connectivity index (χ1n) is 14.8. The fourth-order valence-corrected chi connectivity index (χ4v) is 5.49. The molecule has 0 aliphatic rings. The van der Waals surface area contributed by atoms with E-state index in [2.05, 4.69) is 77.1 Å². The molecule has 0 saturated heterocycles. The SMILES string of the molecule is C=C/C=C\CC(c1ccccc1)N(c1ccccc1)c1nc(Cl)nc(N(c2ccccc2)c2cccc(-c3ccccc3)c2)n1. The summed E-state index contributed by atoms with van der Waals surface area (Å²) in [6.45, 7) is 3.86. The third-order valence-electron chi connectivity index (χ3n) is 7.39. The minimum absolute atomic E-state index is 0.101. The van der Waals surface area contributed by atoms with Gasteiger partial charge in [-0.2, -0.15) is 15.0 Å². The Kier molecular flexibility index (Phi) is 9.39. The topological polar surface area (TPSA) is 45.2 Å². The van der Waals surface area contributed by atoms with Crippen molar-refractivity contribution in [3.8, 4) is 11.1 Å². The van der Waals surface area contributed by atoms with Crippen molar-refractivity contribution < 1.29 is 0 Å². The fraction of sp³-hybridized carbons (Fsp3) is 0.0513. The van der Waals surface area contributed by atoms with Crippen molar-refractivity contribution in [3.63, 3.8) is 0 Å². The van der Waals surface area contributed by atoms with Gasteiger partial charge in [0, 0.05) is 17.1 Å². The van der Waals surface area contributed by atoms with Gasteiger partial charge in [0.15, 0.2) is 0 Å². The zero-order valence-electron chi connectivity index (χ0n) is 24.7. The Labute approximate surface area is 269 Å². The molecule has 0 bridgehead atoms. The van der Waals surface area contributed by atoms with E-state index < -0.39 is 0 Å². The summed E-state index contributed by atoms with van der Waals surface area (Å²) >= 11 is 6.76. The monoisotopic (exact) mass is 605 g/mol. The lowest BCUT2D eigenvalue weighted by atomic mass is 10.0. The number of rotatable bonds is 11. The number of hydrogen-bond donors (Lipinski definition) is 0. The first-order chi connectivity index (χ1) is 22.2. The van der Waals surface area contributed by atoms with Crippen LogP contribution in [-0.4, -0.2) is 15.0 Å². The van der Waals surface area contributed by atoms with Gasteiger partial charge >= 0.3 is 0 Å². The smallest absolute Gasteiger partial charge is 0.240 e. The number of hydrogen-bond acceptors (Lipinski definition) is 5. The summed E-state index contributed by atoms with van der Waals surface area (Å²) in [5.74, 6) is 0.855. The van der Waals surface area contributed by atoms with Crippen LogP contribution in [0.3, 0.4) is 0 Å². The number of halogens is 1. The van der Waals surface area contributed by atoms with Gasteiger partial charge in [0.25, 0.3) is 0 Å². The predicted octanol–water partition coefficient (Wildman–Crippen LogP) is 10.7. The van der Waals surface area contributed by atoms with Crippen LogP contribution in [0.5, 0.6) is 0 Å². The molecule has 220 valence electrons. The van der Waals surface area contributed by atoms with Gasteiger partial charge in [0.05, 0.1) is 6.04 Å². The molecule has 1 unspecified atom stereocenters. The summed E-state index contributed by atoms with van der Waals surface area (Å²) in [4.78, 5) is 18.7. The minimum atomic E-state index is -0.136. The summed E-state index contributed by atoms with van der Waals surface area (Å²) in [7, 11) is 0. The standard InChI is InChI=1S/C39H32ClN5/c1-2-3-8-28-36(31-20-11-5-12-21-31)45(34-25-15-7-16-26-34)39-42-37(40)41-38(43-39)44(33-23-13-6-14-24-33)35-27-17-22-32(29-35)30-18-9-4-10-19-30/h2-27,29,36H,1,28H2/b8-3-. The Balaban J connectivity index is 1.53. The summed E-state index contributed by atoms with van der Waals surface area (Å²) in [5, 5.41) is 0.101. The Bertz CT molecular complexity index is 1860. The molecule has 1 heterocycles. The molecule has 0 spiro atoms. The maximum Gasteiger partial charge on any atom is 0.240 e. The van der Waals surface area contributed by atoms with Crippen LogP contribution < -0.4 is 9.80 Å². The lowest BCUT2D eigenvalue weighted by molar-refractivity contribution is 0.688. The molecule has 0 N–H and O–H groups in total. The normalized spacial score (nSPS) is 11.7. The summed E-state index contributed by atoms with van der Waals surface area (Å²) < 4.78 is 0. The maximum atomic E-state index is 6.76. The molecule has 1 atom stereocenters. The first-order valence-corrected chi connectivity index (χ1v) is 15.2. The number of anilines is 5. The van der Waals surface area contributed by atoms with Crippen LogP contribution >= 0.6 is 11.6 Å². The molecule has 5 aromatic carbocycles. The highest BCUT2D eigenvalue weighted by molar-refractivity contribution is 6.28. The molecule has 45 heavy (non-hydrogen) atoms. The van der Waals surface area contributed by atoms with Crippen LogP contribution in [0.15, 0.2) is 170 Å². The average Bonchev–Trinajstić information content (AvgIpc) is 3.10. The minimum Gasteiger partial charge on any atom is -0.303 e. The average molecular weight is 606 g/mol. The second-order valence-corrected chi connectivity index (χ2v) is 10.7. The quantitative estimate of drug-likeness (QED) is 0.137. The van der Waals surface area contributed by atoms with Crippen LogP contribution in [0.1, 0.15) is 18.0 Å². The molecule has 0 saturated carbocycles. The number of benzene rings is 5. The first kappa shape index (κ1) is 29.5. The molecular formula is C39H32ClN5. The van der Waals surface area contributed by atoms with Crippen LogP contribution in [-0.2, 0) is 0 Å². The molecule has 6 heteroatoms. The maximum absolute atomic E-state index is 6.76. The Morgan fingerprint density at radius 2 is 1.16 bits per heavy atom. The van der Waals surface area contributed by atoms with Crippen molar-refractivity contribution in [1.29, 1.82) is 0 Å². The third kappa shape index (κ3) is 7.01. The second kappa shape index (κ2) is 14.3. The van der Waals surface area contributed by atoms with Crippen molar-refractivity contribution in [2.24, 2.45) is 0 Å². The third-order valence-corrected chi connectivity index (χ3v) is 7.56. The molecule has 6 rings (SSSR count). The van der Waals surface area contributed by atoms with Gasteiger partial charge in [0.2, 0.25) is 17.2 Å². The molecule has 6 aromatic rings. The number of nitrogens with zero attached hydrogens (tertiary/aromatic N) is 5. The van der Waals surface area contributed by atoms with Crippen molar-refractivity contribution >= 4 is 40.6 Å². The summed E-state index contributed by atoms with van der Waals surface area (Å²) in [5.41, 5.74) is 6.05. The predicted molar refractivity (Wildman–Crippen MR) is 187 cm³/mol. The van der Waals surface area contributed by atoms with E-state index in [0.717, 1.165) is 33.8 Å². The molecule has 0 fully saturated rings. The van der Waals surface area contributed by atoms with Gasteiger partial charge in [-0.25, -0.2) is 0 Å². The van der Waals surface area contributed by atoms with E-state index in [1.165, 1.54) is 0 Å². The van der Waals surface area contributed by atoms with Gasteiger partial charge in [-0.05, 0) is 71.1 Å². The number of aromatic nitrogens is 3. The van der Waals surface area contributed by atoms with E-state index >= 15 is 0 Å². The van der Waals surface area contributed by atoms with Gasteiger partial charge < -0.3 is 4.90 Å². The second-order valence-electron chi connectivity index (χ2n) is 10.3. The number of para-hydroxylation sites is 2. The van der Waals surface area contributed by atoms with Crippen LogP contribution in [0.4, 0.5) is 29.0 Å². The van der Waals surface area contributed by atoms with Crippen LogP contribution in [0, 0.1) is 0 Å². The summed E-state index contributed by atoms with van der Waals surface area (Å²) in [6.07, 6.45) is 6.54. The molecule has 1 aromatic heterocycles. The largest absolute Gasteiger partial charge is 0.303 e. The lowest BCUT2D eigenvalue weighted by Gasteiger charge is -2.33. The van der Waals surface area contributed by atoms with Gasteiger partial charge in [0.1, 0.15) is 0 Å². The Morgan fingerprint density at radius 1 is 0.600 bits per heavy atom. The van der Waals surface area contributed by atoms with Gasteiger partial charge in [-0.3, -0.25) is 4.90 Å².